The number of nitrogens with one attached hydrogen (secondary N) is 2. The lowest BCUT2D eigenvalue weighted by Crippen LogP contribution is -2.59. The maximum absolute atomic E-state index is 11.2. The monoisotopic (exact) mass is 168 g/mol. The fraction of sp³-hybridized carbons (Fsp3) is 0.889. The highest BCUT2D eigenvalue weighted by molar-refractivity contribution is 5.77. The molecule has 2 fully saturated rings. The summed E-state index contributed by atoms with van der Waals surface area (Å²) >= 11 is 0. The Balaban J connectivity index is 2.02. The molecule has 2 aliphatic heterocycles. The zero-order valence-electron chi connectivity index (χ0n) is 7.36. The van der Waals surface area contributed by atoms with Gasteiger partial charge in [0.15, 0.2) is 0 Å². The molecule has 2 rings (SSSR count). The predicted molar refractivity (Wildman–Crippen MR) is 46.8 cm³/mol. The van der Waals surface area contributed by atoms with Crippen LogP contribution in [0.3, 0.4) is 0 Å². The highest BCUT2D eigenvalue weighted by Crippen LogP contribution is 2.26. The van der Waals surface area contributed by atoms with Crippen LogP contribution in [0.15, 0.2) is 0 Å². The van der Waals surface area contributed by atoms with Crippen molar-refractivity contribution in [1.82, 2.24) is 10.6 Å². The highest BCUT2D eigenvalue weighted by Gasteiger charge is 2.35. The fourth-order valence-corrected chi connectivity index (χ4v) is 2.30. The number of carbonyl (C=O) groups excluding carboxylic acids is 1. The van der Waals surface area contributed by atoms with Crippen molar-refractivity contribution >= 4 is 5.91 Å². The molecule has 3 heteroatoms. The van der Waals surface area contributed by atoms with Gasteiger partial charge >= 0.3 is 0 Å². The molecule has 0 bridgehead atoms. The fourth-order valence-electron chi connectivity index (χ4n) is 2.30. The van der Waals surface area contributed by atoms with Gasteiger partial charge in [-0.3, -0.25) is 4.79 Å². The lowest BCUT2D eigenvalue weighted by molar-refractivity contribution is -0.125. The molecule has 2 heterocycles. The Morgan fingerprint density at radius 1 is 1.25 bits per heavy atom. The highest BCUT2D eigenvalue weighted by atomic mass is 16.1. The normalized spacial score (nSPS) is 36.5. The summed E-state index contributed by atoms with van der Waals surface area (Å²) in [4.78, 5) is 11.2. The molecule has 1 amide bonds. The molecule has 2 aliphatic rings. The first-order chi connectivity index (χ1) is 5.81. The van der Waals surface area contributed by atoms with Crippen molar-refractivity contribution in [3.05, 3.63) is 0 Å². The molecule has 12 heavy (non-hydrogen) atoms. The third kappa shape index (κ3) is 1.46. The third-order valence-corrected chi connectivity index (χ3v) is 2.94. The molecule has 0 aliphatic carbocycles. The van der Waals surface area contributed by atoms with Gasteiger partial charge in [-0.25, -0.2) is 0 Å². The zero-order chi connectivity index (χ0) is 8.44. The van der Waals surface area contributed by atoms with Crippen LogP contribution in [0.5, 0.6) is 0 Å². The van der Waals surface area contributed by atoms with Crippen molar-refractivity contribution in [1.29, 1.82) is 0 Å². The van der Waals surface area contributed by atoms with Crippen LogP contribution in [-0.2, 0) is 4.79 Å². The van der Waals surface area contributed by atoms with Crippen LogP contribution in [-0.4, -0.2) is 24.5 Å². The van der Waals surface area contributed by atoms with Gasteiger partial charge in [0.25, 0.3) is 0 Å². The molecule has 3 nitrogen and oxygen atoms in total. The Kier molecular flexibility index (Phi) is 2.05. The molecular formula is C9H16N2O. The Labute approximate surface area is 72.9 Å². The van der Waals surface area contributed by atoms with Gasteiger partial charge in [-0.1, -0.05) is 0 Å². The first-order valence-corrected chi connectivity index (χ1v) is 4.83. The van der Waals surface area contributed by atoms with Crippen molar-refractivity contribution in [3.63, 3.8) is 0 Å². The molecule has 1 atom stereocenters. The largest absolute Gasteiger partial charge is 0.349 e. The number of rotatable bonds is 0. The van der Waals surface area contributed by atoms with E-state index in [1.807, 2.05) is 0 Å². The predicted octanol–water partition coefficient (Wildman–Crippen LogP) is 0.409. The molecular weight excluding hydrogens is 152 g/mol. The average molecular weight is 168 g/mol. The molecule has 0 saturated carbocycles. The first kappa shape index (κ1) is 8.05. The summed E-state index contributed by atoms with van der Waals surface area (Å²) in [5.74, 6) is 0.241. The van der Waals surface area contributed by atoms with E-state index in [1.165, 1.54) is 6.42 Å². The maximum atomic E-state index is 11.2. The second-order valence-electron chi connectivity index (χ2n) is 3.96. The van der Waals surface area contributed by atoms with Gasteiger partial charge in [0.2, 0.25) is 5.91 Å². The van der Waals surface area contributed by atoms with E-state index in [-0.39, 0.29) is 11.4 Å². The summed E-state index contributed by atoms with van der Waals surface area (Å²) in [7, 11) is 0. The van der Waals surface area contributed by atoms with E-state index in [4.69, 9.17) is 0 Å². The SMILES string of the molecule is O=C1CCC[C@@]2(CCCNC2)N1. The van der Waals surface area contributed by atoms with Crippen molar-refractivity contribution in [2.75, 3.05) is 13.1 Å². The number of carbonyl (C=O) groups is 1. The molecule has 0 aromatic rings. The molecule has 2 N–H and O–H groups in total. The smallest absolute Gasteiger partial charge is 0.220 e. The molecule has 1 spiro atoms. The lowest BCUT2D eigenvalue weighted by atomic mass is 9.82. The van der Waals surface area contributed by atoms with Crippen LogP contribution in [0.1, 0.15) is 32.1 Å². The van der Waals surface area contributed by atoms with Crippen molar-refractivity contribution in [3.8, 4) is 0 Å². The van der Waals surface area contributed by atoms with Crippen LogP contribution in [0.2, 0.25) is 0 Å². The molecule has 0 unspecified atom stereocenters. The van der Waals surface area contributed by atoms with Crippen LogP contribution >= 0.6 is 0 Å². The van der Waals surface area contributed by atoms with E-state index in [0.717, 1.165) is 38.8 Å². The summed E-state index contributed by atoms with van der Waals surface area (Å²) in [6, 6.07) is 0. The lowest BCUT2D eigenvalue weighted by Gasteiger charge is -2.41. The van der Waals surface area contributed by atoms with Gasteiger partial charge in [-0.05, 0) is 32.2 Å². The first-order valence-electron chi connectivity index (χ1n) is 4.83. The van der Waals surface area contributed by atoms with E-state index < -0.39 is 0 Å². The minimum Gasteiger partial charge on any atom is -0.349 e. The number of amides is 1. The van der Waals surface area contributed by atoms with Crippen LogP contribution in [0.25, 0.3) is 0 Å². The topological polar surface area (TPSA) is 41.1 Å². The number of piperidine rings is 2. The number of hydrogen-bond donors (Lipinski definition) is 2. The molecule has 0 aromatic heterocycles. The van der Waals surface area contributed by atoms with Gasteiger partial charge < -0.3 is 10.6 Å². The Morgan fingerprint density at radius 3 is 2.75 bits per heavy atom. The van der Waals surface area contributed by atoms with Crippen LogP contribution in [0, 0.1) is 0 Å². The van der Waals surface area contributed by atoms with Crippen molar-refractivity contribution < 1.29 is 4.79 Å². The minimum absolute atomic E-state index is 0.119. The number of hydrogen-bond acceptors (Lipinski definition) is 2. The van der Waals surface area contributed by atoms with Gasteiger partial charge in [-0.15, -0.1) is 0 Å². The summed E-state index contributed by atoms with van der Waals surface area (Å²) in [6.07, 6.45) is 5.30. The molecule has 0 aromatic carbocycles. The summed E-state index contributed by atoms with van der Waals surface area (Å²) in [6.45, 7) is 2.08. The van der Waals surface area contributed by atoms with E-state index in [9.17, 15) is 4.79 Å². The van der Waals surface area contributed by atoms with Crippen LogP contribution < -0.4 is 10.6 Å². The maximum Gasteiger partial charge on any atom is 0.220 e. The van der Waals surface area contributed by atoms with Crippen LogP contribution in [0.4, 0.5) is 0 Å². The minimum atomic E-state index is 0.119. The Hall–Kier alpha value is -0.570. The van der Waals surface area contributed by atoms with Gasteiger partial charge in [0.1, 0.15) is 0 Å². The quantitative estimate of drug-likeness (QED) is 0.550. The molecule has 2 saturated heterocycles. The van der Waals surface area contributed by atoms with Crippen molar-refractivity contribution in [2.24, 2.45) is 0 Å². The zero-order valence-corrected chi connectivity index (χ0v) is 7.36. The standard InChI is InChI=1S/C9H16N2O/c12-8-3-1-4-9(11-8)5-2-6-10-7-9/h10H,1-7H2,(H,11,12)/t9-/m0/s1. The van der Waals surface area contributed by atoms with Crippen molar-refractivity contribution in [2.45, 2.75) is 37.6 Å². The Morgan fingerprint density at radius 2 is 2.08 bits per heavy atom. The summed E-state index contributed by atoms with van der Waals surface area (Å²) in [5.41, 5.74) is 0.119. The second kappa shape index (κ2) is 3.05. The van der Waals surface area contributed by atoms with Gasteiger partial charge in [-0.2, -0.15) is 0 Å². The molecule has 0 radical (unpaired) electrons. The summed E-state index contributed by atoms with van der Waals surface area (Å²) in [5, 5.41) is 6.48. The third-order valence-electron chi connectivity index (χ3n) is 2.94. The van der Waals surface area contributed by atoms with E-state index in [1.54, 1.807) is 0 Å². The Bertz CT molecular complexity index is 179. The molecule has 68 valence electrons. The van der Waals surface area contributed by atoms with Gasteiger partial charge in [0.05, 0.1) is 5.54 Å². The van der Waals surface area contributed by atoms with E-state index in [0.29, 0.717) is 0 Å². The average Bonchev–Trinajstić information content (AvgIpc) is 2.05. The van der Waals surface area contributed by atoms with E-state index in [2.05, 4.69) is 10.6 Å². The summed E-state index contributed by atoms with van der Waals surface area (Å²) < 4.78 is 0. The van der Waals surface area contributed by atoms with Gasteiger partial charge in [0, 0.05) is 13.0 Å². The van der Waals surface area contributed by atoms with E-state index >= 15 is 0 Å². The second-order valence-corrected chi connectivity index (χ2v) is 3.96.